The molecule has 1 aliphatic heterocycles. The highest BCUT2D eigenvalue weighted by atomic mass is 16.5. The summed E-state index contributed by atoms with van der Waals surface area (Å²) in [7, 11) is 1.56. The highest BCUT2D eigenvalue weighted by Gasteiger charge is 2.30. The molecule has 20 heavy (non-hydrogen) atoms. The van der Waals surface area contributed by atoms with Gasteiger partial charge in [0, 0.05) is 19.2 Å². The number of hydrogen-bond acceptors (Lipinski definition) is 4. The average Bonchev–Trinajstić information content (AvgIpc) is 2.95. The SMILES string of the molecule is COc1cccc(OCC(=O)N2CCC(C(=O)O)C2)c1. The van der Waals surface area contributed by atoms with E-state index < -0.39 is 11.9 Å². The van der Waals surface area contributed by atoms with E-state index in [1.165, 1.54) is 4.90 Å². The summed E-state index contributed by atoms with van der Waals surface area (Å²) in [6, 6.07) is 6.98. The van der Waals surface area contributed by atoms with E-state index in [2.05, 4.69) is 0 Å². The molecule has 1 amide bonds. The van der Waals surface area contributed by atoms with Crippen molar-refractivity contribution in [1.82, 2.24) is 4.90 Å². The fourth-order valence-corrected chi connectivity index (χ4v) is 2.12. The first-order chi connectivity index (χ1) is 9.60. The van der Waals surface area contributed by atoms with E-state index in [0.717, 1.165) is 0 Å². The quantitative estimate of drug-likeness (QED) is 0.870. The van der Waals surface area contributed by atoms with Gasteiger partial charge in [-0.3, -0.25) is 9.59 Å². The van der Waals surface area contributed by atoms with Crippen LogP contribution >= 0.6 is 0 Å². The van der Waals surface area contributed by atoms with Crippen molar-refractivity contribution in [3.05, 3.63) is 24.3 Å². The fraction of sp³-hybridized carbons (Fsp3) is 0.429. The highest BCUT2D eigenvalue weighted by Crippen LogP contribution is 2.20. The van der Waals surface area contributed by atoms with E-state index in [-0.39, 0.29) is 19.1 Å². The Labute approximate surface area is 116 Å². The number of benzene rings is 1. The molecule has 0 radical (unpaired) electrons. The van der Waals surface area contributed by atoms with Gasteiger partial charge in [0.2, 0.25) is 0 Å². The van der Waals surface area contributed by atoms with Crippen LogP contribution in [-0.2, 0) is 9.59 Å². The first kappa shape index (κ1) is 14.2. The summed E-state index contributed by atoms with van der Waals surface area (Å²) in [5, 5.41) is 8.90. The molecule has 1 fully saturated rings. The van der Waals surface area contributed by atoms with Crippen LogP contribution in [0.25, 0.3) is 0 Å². The molecule has 1 heterocycles. The lowest BCUT2D eigenvalue weighted by atomic mass is 10.1. The second-order valence-corrected chi connectivity index (χ2v) is 4.63. The van der Waals surface area contributed by atoms with Gasteiger partial charge >= 0.3 is 5.97 Å². The second kappa shape index (κ2) is 6.27. The minimum absolute atomic E-state index is 0.0977. The number of aliphatic carboxylic acids is 1. The Balaban J connectivity index is 1.85. The number of carboxylic acid groups (broad SMARTS) is 1. The minimum Gasteiger partial charge on any atom is -0.497 e. The standard InChI is InChI=1S/C14H17NO5/c1-19-11-3-2-4-12(7-11)20-9-13(16)15-6-5-10(8-15)14(17)18/h2-4,7,10H,5-6,8-9H2,1H3,(H,17,18). The molecule has 1 atom stereocenters. The van der Waals surface area contributed by atoms with Crippen LogP contribution in [0.5, 0.6) is 11.5 Å². The molecule has 2 rings (SSSR count). The third-order valence-corrected chi connectivity index (χ3v) is 3.29. The molecule has 6 nitrogen and oxygen atoms in total. The molecule has 0 spiro atoms. The molecule has 1 saturated heterocycles. The maximum atomic E-state index is 11.9. The second-order valence-electron chi connectivity index (χ2n) is 4.63. The number of carboxylic acids is 1. The third-order valence-electron chi connectivity index (χ3n) is 3.29. The van der Waals surface area contributed by atoms with Crippen molar-refractivity contribution >= 4 is 11.9 Å². The van der Waals surface area contributed by atoms with Crippen LogP contribution in [-0.4, -0.2) is 48.7 Å². The van der Waals surface area contributed by atoms with Crippen molar-refractivity contribution in [2.45, 2.75) is 6.42 Å². The number of methoxy groups -OCH3 is 1. The van der Waals surface area contributed by atoms with Crippen LogP contribution in [0.2, 0.25) is 0 Å². The molecule has 6 heteroatoms. The number of nitrogens with zero attached hydrogens (tertiary/aromatic N) is 1. The zero-order valence-electron chi connectivity index (χ0n) is 11.2. The molecule has 1 aromatic carbocycles. The maximum Gasteiger partial charge on any atom is 0.308 e. The van der Waals surface area contributed by atoms with Gasteiger partial charge in [-0.25, -0.2) is 0 Å². The van der Waals surface area contributed by atoms with E-state index in [0.29, 0.717) is 24.5 Å². The monoisotopic (exact) mass is 279 g/mol. The summed E-state index contributed by atoms with van der Waals surface area (Å²) >= 11 is 0. The molecule has 0 aliphatic carbocycles. The number of rotatable bonds is 5. The van der Waals surface area contributed by atoms with Crippen molar-refractivity contribution in [1.29, 1.82) is 0 Å². The largest absolute Gasteiger partial charge is 0.497 e. The van der Waals surface area contributed by atoms with Crippen molar-refractivity contribution in [3.63, 3.8) is 0 Å². The normalized spacial score (nSPS) is 17.9. The first-order valence-corrected chi connectivity index (χ1v) is 6.37. The van der Waals surface area contributed by atoms with Crippen molar-refractivity contribution in [3.8, 4) is 11.5 Å². The molecule has 1 unspecified atom stereocenters. The Kier molecular flexibility index (Phi) is 4.45. The lowest BCUT2D eigenvalue weighted by Gasteiger charge is -2.16. The first-order valence-electron chi connectivity index (χ1n) is 6.37. The third kappa shape index (κ3) is 3.40. The van der Waals surface area contributed by atoms with Crippen LogP contribution in [0.3, 0.4) is 0 Å². The molecule has 1 aliphatic rings. The zero-order valence-corrected chi connectivity index (χ0v) is 11.2. The Morgan fingerprint density at radius 1 is 1.40 bits per heavy atom. The predicted molar refractivity (Wildman–Crippen MR) is 70.8 cm³/mol. The van der Waals surface area contributed by atoms with Gasteiger partial charge in [-0.2, -0.15) is 0 Å². The number of ether oxygens (including phenoxy) is 2. The van der Waals surface area contributed by atoms with E-state index in [1.807, 2.05) is 0 Å². The molecule has 0 aromatic heterocycles. The Bertz CT molecular complexity index is 502. The smallest absolute Gasteiger partial charge is 0.308 e. The zero-order chi connectivity index (χ0) is 14.5. The fourth-order valence-electron chi connectivity index (χ4n) is 2.12. The Morgan fingerprint density at radius 2 is 2.15 bits per heavy atom. The van der Waals surface area contributed by atoms with Gasteiger partial charge in [0.25, 0.3) is 5.91 Å². The van der Waals surface area contributed by atoms with Gasteiger partial charge in [0.15, 0.2) is 6.61 Å². The summed E-state index contributed by atoms with van der Waals surface area (Å²) in [5.74, 6) is -0.310. The van der Waals surface area contributed by atoms with Crippen LogP contribution < -0.4 is 9.47 Å². The number of hydrogen-bond donors (Lipinski definition) is 1. The van der Waals surface area contributed by atoms with Gasteiger partial charge in [-0.15, -0.1) is 0 Å². The molecule has 0 bridgehead atoms. The van der Waals surface area contributed by atoms with Gasteiger partial charge in [0.05, 0.1) is 13.0 Å². The van der Waals surface area contributed by atoms with Crippen molar-refractivity contribution in [2.24, 2.45) is 5.92 Å². The summed E-state index contributed by atoms with van der Waals surface area (Å²) < 4.78 is 10.5. The molecular weight excluding hydrogens is 262 g/mol. The molecule has 1 aromatic rings. The Hall–Kier alpha value is -2.24. The molecular formula is C14H17NO5. The van der Waals surface area contributed by atoms with Crippen LogP contribution in [0.1, 0.15) is 6.42 Å². The topological polar surface area (TPSA) is 76.1 Å². The van der Waals surface area contributed by atoms with Crippen LogP contribution in [0, 0.1) is 5.92 Å². The summed E-state index contributed by atoms with van der Waals surface area (Å²) in [6.07, 6.45) is 0.500. The number of amides is 1. The number of likely N-dealkylation sites (tertiary alicyclic amines) is 1. The minimum atomic E-state index is -0.853. The lowest BCUT2D eigenvalue weighted by molar-refractivity contribution is -0.141. The van der Waals surface area contributed by atoms with E-state index in [4.69, 9.17) is 14.6 Å². The van der Waals surface area contributed by atoms with Gasteiger partial charge in [0.1, 0.15) is 11.5 Å². The van der Waals surface area contributed by atoms with Crippen molar-refractivity contribution in [2.75, 3.05) is 26.8 Å². The maximum absolute atomic E-state index is 11.9. The molecule has 1 N–H and O–H groups in total. The summed E-state index contributed by atoms with van der Waals surface area (Å²) in [4.78, 5) is 24.3. The summed E-state index contributed by atoms with van der Waals surface area (Å²) in [5.41, 5.74) is 0. The van der Waals surface area contributed by atoms with Crippen LogP contribution in [0.15, 0.2) is 24.3 Å². The number of carbonyl (C=O) groups is 2. The van der Waals surface area contributed by atoms with Gasteiger partial charge in [-0.1, -0.05) is 6.07 Å². The predicted octanol–water partition coefficient (Wildman–Crippen LogP) is 1.01. The van der Waals surface area contributed by atoms with E-state index in [9.17, 15) is 9.59 Å². The van der Waals surface area contributed by atoms with E-state index >= 15 is 0 Å². The van der Waals surface area contributed by atoms with Gasteiger partial charge < -0.3 is 19.5 Å². The van der Waals surface area contributed by atoms with Crippen LogP contribution in [0.4, 0.5) is 0 Å². The summed E-state index contributed by atoms with van der Waals surface area (Å²) in [6.45, 7) is 0.631. The Morgan fingerprint density at radius 3 is 2.80 bits per heavy atom. The highest BCUT2D eigenvalue weighted by molar-refractivity contribution is 5.80. The number of carbonyl (C=O) groups excluding carboxylic acids is 1. The van der Waals surface area contributed by atoms with Gasteiger partial charge in [-0.05, 0) is 18.6 Å². The lowest BCUT2D eigenvalue weighted by Crippen LogP contribution is -2.33. The van der Waals surface area contributed by atoms with Crippen molar-refractivity contribution < 1.29 is 24.2 Å². The molecule has 108 valence electrons. The van der Waals surface area contributed by atoms with E-state index in [1.54, 1.807) is 31.4 Å². The average molecular weight is 279 g/mol. The molecule has 0 saturated carbocycles.